The van der Waals surface area contributed by atoms with Gasteiger partial charge in [0.05, 0.1) is 80.9 Å². The second-order valence-electron chi connectivity index (χ2n) is 25.9. The van der Waals surface area contributed by atoms with Crippen molar-refractivity contribution < 1.29 is 110 Å². The first-order valence-electron chi connectivity index (χ1n) is 27.8. The molecule has 4 saturated heterocycles. The maximum absolute atomic E-state index is 12.5. The summed E-state index contributed by atoms with van der Waals surface area (Å²) in [5.74, 6) is -0.833. The topological polar surface area (TPSA) is 368 Å². The van der Waals surface area contributed by atoms with E-state index in [4.69, 9.17) is 33.2 Å². The lowest BCUT2D eigenvalue weighted by molar-refractivity contribution is -0.382. The molecule has 22 heteroatoms. The Kier molecular flexibility index (Phi) is 18.4. The highest BCUT2D eigenvalue weighted by molar-refractivity contribution is 5.31. The Balaban J connectivity index is 1.02. The quantitative estimate of drug-likeness (QED) is 0.0749. The fraction of sp³-hybridized carbons (Fsp3) is 0.963. The van der Waals surface area contributed by atoms with Gasteiger partial charge in [0, 0.05) is 23.2 Å². The monoisotopic (exact) mass is 1090 g/mol. The van der Waals surface area contributed by atoms with Gasteiger partial charge < -0.3 is 110 Å². The first kappa shape index (κ1) is 60.9. The summed E-state index contributed by atoms with van der Waals surface area (Å²) < 4.78 is 42.1. The molecule has 4 aliphatic heterocycles. The van der Waals surface area contributed by atoms with Crippen LogP contribution in [0.2, 0.25) is 0 Å². The second kappa shape index (κ2) is 22.9. The van der Waals surface area contributed by atoms with Gasteiger partial charge in [-0.25, -0.2) is 0 Å². The van der Waals surface area contributed by atoms with Crippen molar-refractivity contribution in [3.63, 3.8) is 0 Å². The highest BCUT2D eigenvalue weighted by atomic mass is 16.8. The first-order chi connectivity index (χ1) is 35.5. The van der Waals surface area contributed by atoms with Gasteiger partial charge >= 0.3 is 0 Å². The second-order valence-corrected chi connectivity index (χ2v) is 25.9. The van der Waals surface area contributed by atoms with Crippen molar-refractivity contribution in [1.82, 2.24) is 0 Å². The maximum atomic E-state index is 12.5. The predicted molar refractivity (Wildman–Crippen MR) is 265 cm³/mol. The normalized spacial score (nSPS) is 51.5. The first-order valence-corrected chi connectivity index (χ1v) is 27.8. The van der Waals surface area contributed by atoms with Crippen LogP contribution in [0.15, 0.2) is 11.6 Å². The summed E-state index contributed by atoms with van der Waals surface area (Å²) in [7, 11) is 0. The molecule has 0 bridgehead atoms. The summed E-state index contributed by atoms with van der Waals surface area (Å²) in [6.07, 6.45) is -24.1. The molecule has 0 aromatic heterocycles. The molecule has 22 nitrogen and oxygen atoms in total. The molecular weight excluding hydrogens is 1000 g/mol. The van der Waals surface area contributed by atoms with Crippen LogP contribution in [-0.4, -0.2) is 237 Å². The summed E-state index contributed by atoms with van der Waals surface area (Å²) in [4.78, 5) is 0. The minimum absolute atomic E-state index is 0.0396. The molecule has 0 radical (unpaired) electrons. The van der Waals surface area contributed by atoms with E-state index in [0.29, 0.717) is 19.3 Å². The molecule has 0 aromatic carbocycles. The molecule has 4 aliphatic carbocycles. The summed E-state index contributed by atoms with van der Waals surface area (Å²) in [5.41, 5.74) is -1.50. The highest BCUT2D eigenvalue weighted by Gasteiger charge is 2.70. The van der Waals surface area contributed by atoms with Crippen LogP contribution in [0.3, 0.4) is 0 Å². The number of aliphatic hydroxyl groups excluding tert-OH is 14. The minimum Gasteiger partial charge on any atom is -0.394 e. The van der Waals surface area contributed by atoms with Gasteiger partial charge in [0.2, 0.25) is 0 Å². The van der Waals surface area contributed by atoms with Crippen LogP contribution in [0.4, 0.5) is 0 Å². The largest absolute Gasteiger partial charge is 0.394 e. The number of rotatable bonds is 16. The zero-order valence-electron chi connectivity index (χ0n) is 45.3. The summed E-state index contributed by atoms with van der Waals surface area (Å²) in [6.45, 7) is 13.7. The van der Waals surface area contributed by atoms with E-state index in [1.54, 1.807) is 0 Å². The lowest BCUT2D eigenvalue weighted by atomic mass is 9.38. The number of hydrogen-bond acceptors (Lipinski definition) is 22. The molecule has 15 N–H and O–H groups in total. The summed E-state index contributed by atoms with van der Waals surface area (Å²) in [5, 5.41) is 165. The fourth-order valence-corrected chi connectivity index (χ4v) is 15.9. The summed E-state index contributed by atoms with van der Waals surface area (Å²) >= 11 is 0. The van der Waals surface area contributed by atoms with Crippen molar-refractivity contribution in [3.8, 4) is 0 Å². The Morgan fingerprint density at radius 2 is 1.29 bits per heavy atom. The van der Waals surface area contributed by atoms with Crippen molar-refractivity contribution in [3.05, 3.63) is 11.6 Å². The number of aliphatic hydroxyl groups is 15. The molecule has 4 unspecified atom stereocenters. The Labute approximate surface area is 445 Å². The third-order valence-electron chi connectivity index (χ3n) is 20.9. The predicted octanol–water partition coefficient (Wildman–Crippen LogP) is -1.93. The van der Waals surface area contributed by atoms with Crippen molar-refractivity contribution >= 4 is 0 Å². The van der Waals surface area contributed by atoms with Crippen LogP contribution >= 0.6 is 0 Å². The van der Waals surface area contributed by atoms with Crippen molar-refractivity contribution in [2.45, 2.75) is 248 Å². The van der Waals surface area contributed by atoms with Crippen molar-refractivity contribution in [2.75, 3.05) is 26.4 Å². The molecular formula is C54H92O22. The lowest BCUT2D eigenvalue weighted by Crippen LogP contribution is -2.67. The van der Waals surface area contributed by atoms with Crippen LogP contribution in [0.25, 0.3) is 0 Å². The van der Waals surface area contributed by atoms with Crippen LogP contribution in [0.1, 0.15) is 113 Å². The van der Waals surface area contributed by atoms with Crippen LogP contribution < -0.4 is 0 Å². The van der Waals surface area contributed by atoms with Crippen molar-refractivity contribution in [2.24, 2.45) is 51.2 Å². The van der Waals surface area contributed by atoms with Crippen LogP contribution in [0, 0.1) is 51.2 Å². The van der Waals surface area contributed by atoms with E-state index >= 15 is 0 Å². The standard InChI is InChI=1S/C54H92O22/c1-23(25-15-16-52(6)32-12-10-26-27(11-13-33(59)50(26,2)3)54(32,8)34(60)18-53(25,52)7)9-14-35(51(4,5)69)75-49-46(42(66)39(63)31(74-49)22-70-47-44(68)41(65)38(62)30(21-57)73-47)76-48-43(67)40(64)36(29(20-56)72-48)45-37(61)28(58)17-24(19-55)71-45/h10,23-25,27-49,55-69H,9,11-22H2,1-8H3/t23-,24+,25?,27?,28+,29-,30-,31-,32?,33+,34-,35-,36?,37-,38-,39-,40+,41+,42+,43-,44-,45-,46-,47+,48+,49+,52+,53-,54+/m1/s1. The molecule has 8 rings (SSSR count). The minimum atomic E-state index is -2.00. The van der Waals surface area contributed by atoms with E-state index in [2.05, 4.69) is 47.6 Å². The van der Waals surface area contributed by atoms with Crippen LogP contribution in [-0.2, 0) is 33.2 Å². The van der Waals surface area contributed by atoms with Gasteiger partial charge in [-0.05, 0) is 99.7 Å². The molecule has 440 valence electrons. The zero-order valence-corrected chi connectivity index (χ0v) is 45.3. The average molecular weight is 1090 g/mol. The van der Waals surface area contributed by atoms with E-state index < -0.39 is 167 Å². The van der Waals surface area contributed by atoms with E-state index in [0.717, 1.165) is 25.7 Å². The third kappa shape index (κ3) is 10.5. The molecule has 0 amide bonds. The molecule has 29 atom stereocenters. The molecule has 8 aliphatic rings. The molecule has 0 spiro atoms. The van der Waals surface area contributed by atoms with Gasteiger partial charge in [-0.2, -0.15) is 0 Å². The maximum Gasteiger partial charge on any atom is 0.187 e. The third-order valence-corrected chi connectivity index (χ3v) is 20.9. The average Bonchev–Trinajstić information content (AvgIpc) is 3.64. The van der Waals surface area contributed by atoms with E-state index in [9.17, 15) is 76.6 Å². The zero-order chi connectivity index (χ0) is 55.9. The van der Waals surface area contributed by atoms with Gasteiger partial charge in [-0.1, -0.05) is 53.2 Å². The molecule has 0 aromatic rings. The Morgan fingerprint density at radius 3 is 1.93 bits per heavy atom. The molecule has 3 saturated carbocycles. The van der Waals surface area contributed by atoms with Crippen molar-refractivity contribution in [1.29, 1.82) is 0 Å². The number of ether oxygens (including phenoxy) is 7. The van der Waals surface area contributed by atoms with E-state index in [-0.39, 0.29) is 58.2 Å². The van der Waals surface area contributed by atoms with Gasteiger partial charge in [-0.15, -0.1) is 0 Å². The molecule has 76 heavy (non-hydrogen) atoms. The Morgan fingerprint density at radius 1 is 0.658 bits per heavy atom. The van der Waals surface area contributed by atoms with Gasteiger partial charge in [0.1, 0.15) is 61.0 Å². The number of hydrogen-bond donors (Lipinski definition) is 15. The van der Waals surface area contributed by atoms with E-state index in [1.165, 1.54) is 19.4 Å². The Hall–Kier alpha value is -1.14. The highest BCUT2D eigenvalue weighted by Crippen LogP contribution is 2.75. The van der Waals surface area contributed by atoms with Gasteiger partial charge in [-0.3, -0.25) is 0 Å². The van der Waals surface area contributed by atoms with E-state index in [1.807, 2.05) is 0 Å². The molecule has 4 heterocycles. The SMILES string of the molecule is C[C@H](CC[C@@H](O[C@@H]1O[C@H](CO[C@H]2O[C@H](CO)[C@@H](O)[C@H](O)[C@H]2O)[C@@H](O)[C@H](O)[C@H]1O[C@@H]1O[C@H](CO)C([C@H]2O[C@H](CO)C[C@H](O)[C@H]2O)[C@H](O)[C@H]1O)C(C)(C)O)C1CC[C@@]2(C)C3CC=C4C(CC[C@H](O)C4(C)C)[C@]3(C)[C@H](O)C[C@]12C. The Bertz CT molecular complexity index is 1970. The lowest BCUT2D eigenvalue weighted by Gasteiger charge is -2.67. The van der Waals surface area contributed by atoms with Crippen LogP contribution in [0.5, 0.6) is 0 Å². The van der Waals surface area contributed by atoms with Gasteiger partial charge in [0.15, 0.2) is 18.9 Å². The number of allylic oxidation sites excluding steroid dienone is 1. The fourth-order valence-electron chi connectivity index (χ4n) is 15.9. The number of fused-ring (bicyclic) bond motifs is 5. The molecule has 7 fully saturated rings. The smallest absolute Gasteiger partial charge is 0.187 e. The van der Waals surface area contributed by atoms with Gasteiger partial charge in [0.25, 0.3) is 0 Å². The summed E-state index contributed by atoms with van der Waals surface area (Å²) in [6, 6.07) is 0.